The van der Waals surface area contributed by atoms with E-state index >= 15 is 0 Å². The van der Waals surface area contributed by atoms with Gasteiger partial charge in [0, 0.05) is 17.2 Å². The fraction of sp³-hybridized carbons (Fsp3) is 0. The van der Waals surface area contributed by atoms with E-state index in [9.17, 15) is 20.0 Å². The maximum Gasteiger partial charge on any atom is 0.312 e. The molecule has 30 heavy (non-hydrogen) atoms. The van der Waals surface area contributed by atoms with Crippen molar-refractivity contribution in [3.8, 4) is 17.1 Å². The van der Waals surface area contributed by atoms with E-state index in [0.717, 1.165) is 4.68 Å². The highest BCUT2D eigenvalue weighted by atomic mass is 79.9. The Morgan fingerprint density at radius 2 is 1.80 bits per heavy atom. The number of nitro groups is 1. The van der Waals surface area contributed by atoms with Crippen LogP contribution in [0.4, 0.5) is 5.69 Å². The van der Waals surface area contributed by atoms with Crippen LogP contribution in [-0.4, -0.2) is 25.9 Å². The standard InChI is InChI=1S/C21H13BrN4O4/c22-16-10-13(11-18(19(16)27)26(29)30)12-23-25-20(14-6-2-1-3-7-14)24-17-9-5-4-8-15(17)21(25)28/h1-12,27H. The molecule has 0 radical (unpaired) electrons. The van der Waals surface area contributed by atoms with Crippen molar-refractivity contribution in [1.82, 2.24) is 9.66 Å². The van der Waals surface area contributed by atoms with Crippen LogP contribution < -0.4 is 5.56 Å². The van der Waals surface area contributed by atoms with E-state index in [1.165, 1.54) is 18.3 Å². The smallest absolute Gasteiger partial charge is 0.312 e. The molecule has 148 valence electrons. The molecule has 3 aromatic carbocycles. The first-order valence-electron chi connectivity index (χ1n) is 8.74. The van der Waals surface area contributed by atoms with Gasteiger partial charge in [0.2, 0.25) is 5.75 Å². The van der Waals surface area contributed by atoms with Gasteiger partial charge in [0.1, 0.15) is 0 Å². The Labute approximate surface area is 178 Å². The third-order valence-electron chi connectivity index (χ3n) is 4.37. The van der Waals surface area contributed by atoms with Crippen LogP contribution in [0.15, 0.2) is 81.1 Å². The van der Waals surface area contributed by atoms with Crippen molar-refractivity contribution in [3.63, 3.8) is 0 Å². The lowest BCUT2D eigenvalue weighted by molar-refractivity contribution is -0.386. The van der Waals surface area contributed by atoms with Crippen LogP contribution >= 0.6 is 15.9 Å². The van der Waals surface area contributed by atoms with Crippen LogP contribution in [0.1, 0.15) is 5.56 Å². The van der Waals surface area contributed by atoms with Crippen molar-refractivity contribution in [2.24, 2.45) is 5.10 Å². The topological polar surface area (TPSA) is 111 Å². The van der Waals surface area contributed by atoms with Crippen LogP contribution in [0, 0.1) is 10.1 Å². The number of aromatic nitrogens is 2. The van der Waals surface area contributed by atoms with Gasteiger partial charge in [-0.3, -0.25) is 14.9 Å². The Bertz CT molecular complexity index is 1370. The van der Waals surface area contributed by atoms with Gasteiger partial charge in [-0.1, -0.05) is 42.5 Å². The number of para-hydroxylation sites is 1. The lowest BCUT2D eigenvalue weighted by Gasteiger charge is -2.09. The minimum Gasteiger partial charge on any atom is -0.501 e. The molecule has 0 saturated carbocycles. The van der Waals surface area contributed by atoms with Crippen molar-refractivity contribution in [3.05, 3.63) is 97.2 Å². The second-order valence-electron chi connectivity index (χ2n) is 6.31. The number of rotatable bonds is 4. The molecule has 0 bridgehead atoms. The summed E-state index contributed by atoms with van der Waals surface area (Å²) in [4.78, 5) is 28.1. The molecule has 0 saturated heterocycles. The zero-order chi connectivity index (χ0) is 21.3. The van der Waals surface area contributed by atoms with Crippen LogP contribution in [0.2, 0.25) is 0 Å². The number of fused-ring (bicyclic) bond motifs is 1. The van der Waals surface area contributed by atoms with Gasteiger partial charge in [-0.15, -0.1) is 0 Å². The molecule has 0 aliphatic rings. The van der Waals surface area contributed by atoms with Gasteiger partial charge < -0.3 is 5.11 Å². The Balaban J connectivity index is 1.92. The van der Waals surface area contributed by atoms with Crippen LogP contribution in [0.3, 0.4) is 0 Å². The largest absolute Gasteiger partial charge is 0.501 e. The summed E-state index contributed by atoms with van der Waals surface area (Å²) < 4.78 is 1.30. The van der Waals surface area contributed by atoms with Crippen LogP contribution in [-0.2, 0) is 0 Å². The molecular formula is C21H13BrN4O4. The fourth-order valence-corrected chi connectivity index (χ4v) is 3.42. The zero-order valence-electron chi connectivity index (χ0n) is 15.3. The molecule has 1 N–H and O–H groups in total. The van der Waals surface area contributed by atoms with E-state index in [1.54, 1.807) is 24.3 Å². The summed E-state index contributed by atoms with van der Waals surface area (Å²) in [6.07, 6.45) is 1.31. The molecule has 9 heteroatoms. The van der Waals surface area contributed by atoms with Crippen molar-refractivity contribution < 1.29 is 10.0 Å². The average molecular weight is 465 g/mol. The first-order valence-corrected chi connectivity index (χ1v) is 9.53. The summed E-state index contributed by atoms with van der Waals surface area (Å²) in [5, 5.41) is 25.7. The molecule has 4 aromatic rings. The molecule has 0 aliphatic heterocycles. The second kappa shape index (κ2) is 7.88. The number of nitrogens with zero attached hydrogens (tertiary/aromatic N) is 4. The lowest BCUT2D eigenvalue weighted by atomic mass is 10.2. The van der Waals surface area contributed by atoms with E-state index in [4.69, 9.17) is 0 Å². The van der Waals surface area contributed by atoms with E-state index in [0.29, 0.717) is 27.9 Å². The molecule has 4 rings (SSSR count). The molecule has 8 nitrogen and oxygen atoms in total. The number of phenolic OH excluding ortho intramolecular Hbond substituents is 1. The quantitative estimate of drug-likeness (QED) is 0.274. The Kier molecular flexibility index (Phi) is 5.11. The predicted octanol–water partition coefficient (Wildman–Crippen LogP) is 4.32. The Morgan fingerprint density at radius 1 is 1.10 bits per heavy atom. The van der Waals surface area contributed by atoms with Gasteiger partial charge in [0.15, 0.2) is 5.82 Å². The minimum atomic E-state index is -0.698. The monoisotopic (exact) mass is 464 g/mol. The van der Waals surface area contributed by atoms with Gasteiger partial charge in [-0.2, -0.15) is 9.78 Å². The maximum atomic E-state index is 13.1. The summed E-state index contributed by atoms with van der Waals surface area (Å²) in [5.74, 6) is -0.144. The van der Waals surface area contributed by atoms with Gasteiger partial charge in [0.05, 0.1) is 26.5 Å². The van der Waals surface area contributed by atoms with Crippen LogP contribution in [0.25, 0.3) is 22.3 Å². The van der Waals surface area contributed by atoms with Crippen molar-refractivity contribution in [2.75, 3.05) is 0 Å². The number of halogens is 1. The molecule has 0 spiro atoms. The number of benzene rings is 3. The SMILES string of the molecule is O=c1c2ccccc2nc(-c2ccccc2)n1N=Cc1cc(Br)c(O)c([N+](=O)[O-])c1. The minimum absolute atomic E-state index is 0.144. The van der Waals surface area contributed by atoms with Gasteiger partial charge in [-0.05, 0) is 34.1 Å². The summed E-state index contributed by atoms with van der Waals surface area (Å²) in [6.45, 7) is 0. The number of nitro benzene ring substituents is 1. The van der Waals surface area contributed by atoms with Gasteiger partial charge in [-0.25, -0.2) is 4.98 Å². The van der Waals surface area contributed by atoms with Gasteiger partial charge in [0.25, 0.3) is 5.56 Å². The first-order chi connectivity index (χ1) is 14.5. The van der Waals surface area contributed by atoms with Crippen molar-refractivity contribution >= 4 is 38.7 Å². The van der Waals surface area contributed by atoms with Crippen LogP contribution in [0.5, 0.6) is 5.75 Å². The molecule has 0 aliphatic carbocycles. The predicted molar refractivity (Wildman–Crippen MR) is 117 cm³/mol. The molecule has 0 atom stereocenters. The summed E-state index contributed by atoms with van der Waals surface area (Å²) in [7, 11) is 0. The molecule has 1 aromatic heterocycles. The highest BCUT2D eigenvalue weighted by Gasteiger charge is 2.18. The fourth-order valence-electron chi connectivity index (χ4n) is 2.95. The number of aromatic hydroxyl groups is 1. The maximum absolute atomic E-state index is 13.1. The second-order valence-corrected chi connectivity index (χ2v) is 7.16. The van der Waals surface area contributed by atoms with E-state index in [2.05, 4.69) is 26.0 Å². The number of hydrogen-bond donors (Lipinski definition) is 1. The third kappa shape index (κ3) is 3.58. The van der Waals surface area contributed by atoms with E-state index < -0.39 is 16.4 Å². The first kappa shape index (κ1) is 19.5. The zero-order valence-corrected chi connectivity index (χ0v) is 16.9. The molecule has 0 fully saturated rings. The molecule has 0 unspecified atom stereocenters. The Hall–Kier alpha value is -3.85. The highest BCUT2D eigenvalue weighted by molar-refractivity contribution is 9.10. The normalized spacial score (nSPS) is 11.2. The van der Waals surface area contributed by atoms with Gasteiger partial charge >= 0.3 is 5.69 Å². The number of hydrogen-bond acceptors (Lipinski definition) is 6. The molecular weight excluding hydrogens is 452 g/mol. The highest BCUT2D eigenvalue weighted by Crippen LogP contribution is 2.34. The van der Waals surface area contributed by atoms with Crippen molar-refractivity contribution in [1.29, 1.82) is 0 Å². The molecule has 0 amide bonds. The summed E-state index contributed by atoms with van der Waals surface area (Å²) in [6, 6.07) is 18.7. The van der Waals surface area contributed by atoms with E-state index in [-0.39, 0.29) is 10.0 Å². The van der Waals surface area contributed by atoms with E-state index in [1.807, 2.05) is 30.3 Å². The molecule has 1 heterocycles. The lowest BCUT2D eigenvalue weighted by Crippen LogP contribution is -2.20. The summed E-state index contributed by atoms with van der Waals surface area (Å²) in [5.41, 5.74) is 0.706. The average Bonchev–Trinajstić information content (AvgIpc) is 2.75. The number of phenols is 1. The van der Waals surface area contributed by atoms with Crippen molar-refractivity contribution in [2.45, 2.75) is 0 Å². The third-order valence-corrected chi connectivity index (χ3v) is 4.97. The summed E-state index contributed by atoms with van der Waals surface area (Å²) >= 11 is 3.09. The Morgan fingerprint density at radius 3 is 2.53 bits per heavy atom.